The Hall–Kier alpha value is -3.25. The van der Waals surface area contributed by atoms with Gasteiger partial charge in [-0.3, -0.25) is 9.59 Å². The summed E-state index contributed by atoms with van der Waals surface area (Å²) >= 11 is 6.12. The first-order chi connectivity index (χ1) is 14.1. The third-order valence-electron chi connectivity index (χ3n) is 4.31. The van der Waals surface area contributed by atoms with E-state index in [2.05, 4.69) is 10.6 Å². The summed E-state index contributed by atoms with van der Waals surface area (Å²) in [6, 6.07) is 15.8. The van der Waals surface area contributed by atoms with E-state index in [9.17, 15) is 9.59 Å². The van der Waals surface area contributed by atoms with Crippen LogP contribution in [0.15, 0.2) is 65.3 Å². The van der Waals surface area contributed by atoms with Gasteiger partial charge >= 0.3 is 0 Å². The molecular formula is C22H21ClN2O4. The molecule has 150 valence electrons. The van der Waals surface area contributed by atoms with Crippen molar-refractivity contribution >= 4 is 29.1 Å². The van der Waals surface area contributed by atoms with E-state index in [1.165, 1.54) is 0 Å². The normalized spacial score (nSPS) is 10.4. The van der Waals surface area contributed by atoms with Crippen LogP contribution in [0.4, 0.5) is 5.69 Å². The molecule has 1 heterocycles. The average Bonchev–Trinajstić information content (AvgIpc) is 3.25. The maximum Gasteiger partial charge on any atom is 0.253 e. The second kappa shape index (κ2) is 9.80. The third kappa shape index (κ3) is 5.62. The largest absolute Gasteiger partial charge is 0.495 e. The zero-order valence-corrected chi connectivity index (χ0v) is 16.7. The highest BCUT2D eigenvalue weighted by molar-refractivity contribution is 6.32. The predicted octanol–water partition coefficient (Wildman–Crippen LogP) is 4.44. The van der Waals surface area contributed by atoms with E-state index in [-0.39, 0.29) is 24.8 Å². The van der Waals surface area contributed by atoms with Crippen LogP contribution in [0.2, 0.25) is 5.02 Å². The Bertz CT molecular complexity index is 986. The number of rotatable bonds is 8. The molecule has 2 aromatic carbocycles. The van der Waals surface area contributed by atoms with E-state index in [1.54, 1.807) is 61.9 Å². The van der Waals surface area contributed by atoms with E-state index in [4.69, 9.17) is 20.8 Å². The van der Waals surface area contributed by atoms with Crippen molar-refractivity contribution in [1.29, 1.82) is 0 Å². The predicted molar refractivity (Wildman–Crippen MR) is 111 cm³/mol. The van der Waals surface area contributed by atoms with Gasteiger partial charge in [-0.1, -0.05) is 29.8 Å². The van der Waals surface area contributed by atoms with E-state index < -0.39 is 0 Å². The fourth-order valence-electron chi connectivity index (χ4n) is 2.80. The van der Waals surface area contributed by atoms with Crippen LogP contribution in [0.5, 0.6) is 5.75 Å². The maximum absolute atomic E-state index is 12.5. The van der Waals surface area contributed by atoms with Gasteiger partial charge in [0.25, 0.3) is 5.91 Å². The number of ether oxygens (including phenoxy) is 1. The Morgan fingerprint density at radius 2 is 1.93 bits per heavy atom. The third-order valence-corrected chi connectivity index (χ3v) is 4.60. The highest BCUT2D eigenvalue weighted by atomic mass is 35.5. The molecule has 7 heteroatoms. The van der Waals surface area contributed by atoms with Crippen molar-refractivity contribution in [3.8, 4) is 5.75 Å². The van der Waals surface area contributed by atoms with Crippen LogP contribution in [0.1, 0.15) is 28.1 Å². The summed E-state index contributed by atoms with van der Waals surface area (Å²) in [5.41, 5.74) is 1.78. The molecule has 0 fully saturated rings. The van der Waals surface area contributed by atoms with Gasteiger partial charge in [0.1, 0.15) is 11.5 Å². The fourth-order valence-corrected chi connectivity index (χ4v) is 3.08. The number of para-hydroxylation sites is 1. The van der Waals surface area contributed by atoms with Gasteiger partial charge in [-0.2, -0.15) is 0 Å². The maximum atomic E-state index is 12.5. The molecule has 0 unspecified atom stereocenters. The number of halogens is 1. The minimum Gasteiger partial charge on any atom is -0.495 e. The summed E-state index contributed by atoms with van der Waals surface area (Å²) in [6.45, 7) is 0.270. The van der Waals surface area contributed by atoms with Gasteiger partial charge in [0, 0.05) is 6.42 Å². The molecule has 6 nitrogen and oxygen atoms in total. The van der Waals surface area contributed by atoms with Crippen LogP contribution >= 0.6 is 11.6 Å². The molecule has 1 aromatic heterocycles. The Labute approximate surface area is 173 Å². The van der Waals surface area contributed by atoms with Gasteiger partial charge in [0.05, 0.1) is 36.2 Å². The number of anilines is 1. The number of carbonyl (C=O) groups is 2. The first-order valence-electron chi connectivity index (χ1n) is 9.08. The topological polar surface area (TPSA) is 80.6 Å². The van der Waals surface area contributed by atoms with Gasteiger partial charge in [-0.25, -0.2) is 0 Å². The monoisotopic (exact) mass is 412 g/mol. The molecule has 0 saturated heterocycles. The lowest BCUT2D eigenvalue weighted by Gasteiger charge is -2.11. The molecule has 0 bridgehead atoms. The van der Waals surface area contributed by atoms with Gasteiger partial charge in [-0.15, -0.1) is 0 Å². The summed E-state index contributed by atoms with van der Waals surface area (Å²) in [5, 5.41) is 6.09. The number of carbonyl (C=O) groups excluding carboxylic acids is 2. The zero-order valence-electron chi connectivity index (χ0n) is 15.9. The molecule has 2 amide bonds. The van der Waals surface area contributed by atoms with Gasteiger partial charge in [0.15, 0.2) is 0 Å². The van der Waals surface area contributed by atoms with Crippen molar-refractivity contribution in [3.63, 3.8) is 0 Å². The molecule has 0 saturated carbocycles. The summed E-state index contributed by atoms with van der Waals surface area (Å²) in [6.07, 6.45) is 2.32. The summed E-state index contributed by atoms with van der Waals surface area (Å²) in [7, 11) is 1.55. The first kappa shape index (κ1) is 20.5. The van der Waals surface area contributed by atoms with E-state index in [0.717, 1.165) is 5.56 Å². The Morgan fingerprint density at radius 3 is 2.66 bits per heavy atom. The number of amides is 2. The fraction of sp³-hybridized carbons (Fsp3) is 0.182. The van der Waals surface area contributed by atoms with Crippen molar-refractivity contribution in [3.05, 3.63) is 82.8 Å². The molecule has 0 spiro atoms. The molecule has 0 atom stereocenters. The lowest BCUT2D eigenvalue weighted by molar-refractivity contribution is -0.116. The van der Waals surface area contributed by atoms with Gasteiger partial charge < -0.3 is 19.8 Å². The Morgan fingerprint density at radius 1 is 1.10 bits per heavy atom. The SMILES string of the molecule is COc1ccc(CCC(=O)Nc2ccccc2C(=O)NCc2ccco2)cc1Cl. The zero-order chi connectivity index (χ0) is 20.6. The van der Waals surface area contributed by atoms with E-state index >= 15 is 0 Å². The molecule has 0 aliphatic rings. The van der Waals surface area contributed by atoms with Crippen LogP contribution in [-0.4, -0.2) is 18.9 Å². The molecule has 0 radical (unpaired) electrons. The average molecular weight is 413 g/mol. The molecule has 29 heavy (non-hydrogen) atoms. The minimum atomic E-state index is -0.292. The van der Waals surface area contributed by atoms with Crippen molar-refractivity contribution in [1.82, 2.24) is 5.32 Å². The molecule has 3 rings (SSSR count). The standard InChI is InChI=1S/C22H21ClN2O4/c1-28-20-10-8-15(13-18(20)23)9-11-21(26)25-19-7-3-2-6-17(19)22(27)24-14-16-5-4-12-29-16/h2-8,10,12-13H,9,11,14H2,1H3,(H,24,27)(H,25,26). The Balaban J connectivity index is 1.58. The van der Waals surface area contributed by atoms with Crippen molar-refractivity contribution in [2.75, 3.05) is 12.4 Å². The quantitative estimate of drug-likeness (QED) is 0.573. The Kier molecular flexibility index (Phi) is 6.92. The molecule has 2 N–H and O–H groups in total. The molecule has 3 aromatic rings. The van der Waals surface area contributed by atoms with Crippen LogP contribution < -0.4 is 15.4 Å². The molecule has 0 aliphatic heterocycles. The van der Waals surface area contributed by atoms with Crippen LogP contribution in [0, 0.1) is 0 Å². The summed E-state index contributed by atoms with van der Waals surface area (Å²) in [5.74, 6) is 0.759. The van der Waals surface area contributed by atoms with E-state index in [1.807, 2.05) is 6.07 Å². The number of benzene rings is 2. The number of hydrogen-bond donors (Lipinski definition) is 2. The van der Waals surface area contributed by atoms with Crippen molar-refractivity contribution < 1.29 is 18.7 Å². The smallest absolute Gasteiger partial charge is 0.253 e. The molecular weight excluding hydrogens is 392 g/mol. The number of aryl methyl sites for hydroxylation is 1. The van der Waals surface area contributed by atoms with Crippen LogP contribution in [0.3, 0.4) is 0 Å². The second-order valence-corrected chi connectivity index (χ2v) is 6.73. The van der Waals surface area contributed by atoms with Crippen LogP contribution in [-0.2, 0) is 17.8 Å². The number of methoxy groups -OCH3 is 1. The van der Waals surface area contributed by atoms with Gasteiger partial charge in [0.2, 0.25) is 5.91 Å². The highest BCUT2D eigenvalue weighted by Gasteiger charge is 2.13. The first-order valence-corrected chi connectivity index (χ1v) is 9.46. The number of nitrogens with one attached hydrogen (secondary N) is 2. The minimum absolute atomic E-state index is 0.191. The molecule has 0 aliphatic carbocycles. The van der Waals surface area contributed by atoms with Crippen molar-refractivity contribution in [2.24, 2.45) is 0 Å². The second-order valence-electron chi connectivity index (χ2n) is 6.32. The number of furan rings is 1. The lowest BCUT2D eigenvalue weighted by atomic mass is 10.1. The van der Waals surface area contributed by atoms with Gasteiger partial charge in [-0.05, 0) is 48.4 Å². The lowest BCUT2D eigenvalue weighted by Crippen LogP contribution is -2.24. The van der Waals surface area contributed by atoms with Crippen LogP contribution in [0.25, 0.3) is 0 Å². The summed E-state index contributed by atoms with van der Waals surface area (Å²) in [4.78, 5) is 24.9. The van der Waals surface area contributed by atoms with E-state index in [0.29, 0.717) is 34.2 Å². The summed E-state index contributed by atoms with van der Waals surface area (Å²) < 4.78 is 10.3. The van der Waals surface area contributed by atoms with Crippen molar-refractivity contribution in [2.45, 2.75) is 19.4 Å². The highest BCUT2D eigenvalue weighted by Crippen LogP contribution is 2.25. The number of hydrogen-bond acceptors (Lipinski definition) is 4.